The highest BCUT2D eigenvalue weighted by Crippen LogP contribution is 2.22. The average Bonchev–Trinajstić information content (AvgIpc) is 2.03. The number of ketones is 1. The van der Waals surface area contributed by atoms with E-state index in [0.29, 0.717) is 0 Å². The van der Waals surface area contributed by atoms with E-state index in [0.717, 1.165) is 10.0 Å². The van der Waals surface area contributed by atoms with Crippen LogP contribution in [0.1, 0.15) is 24.2 Å². The number of carbonyl (C=O) groups is 1. The number of alkyl halides is 1. The van der Waals surface area contributed by atoms with E-state index in [9.17, 15) is 4.79 Å². The van der Waals surface area contributed by atoms with Gasteiger partial charge in [-0.3, -0.25) is 4.79 Å². The summed E-state index contributed by atoms with van der Waals surface area (Å²) in [7, 11) is 0. The Morgan fingerprint density at radius 3 is 2.08 bits per heavy atom. The molecule has 13 heavy (non-hydrogen) atoms. The first kappa shape index (κ1) is 10.9. The van der Waals surface area contributed by atoms with Crippen LogP contribution >= 0.6 is 31.9 Å². The Balaban J connectivity index is 2.97. The van der Waals surface area contributed by atoms with E-state index in [1.54, 1.807) is 0 Å². The van der Waals surface area contributed by atoms with Crippen molar-refractivity contribution >= 4 is 37.6 Å². The molecule has 0 aliphatic rings. The van der Waals surface area contributed by atoms with Crippen molar-refractivity contribution in [2.24, 2.45) is 0 Å². The molecule has 0 N–H and O–H groups in total. The lowest BCUT2D eigenvalue weighted by Gasteiger charge is -2.14. The maximum Gasteiger partial charge on any atom is 0.178 e. The quantitative estimate of drug-likeness (QED) is 0.600. The summed E-state index contributed by atoms with van der Waals surface area (Å²) in [6, 6.07) is 7.36. The Morgan fingerprint density at radius 1 is 1.23 bits per heavy atom. The Kier molecular flexibility index (Phi) is 3.30. The fourth-order valence-electron chi connectivity index (χ4n) is 0.944. The minimum atomic E-state index is -0.485. The van der Waals surface area contributed by atoms with E-state index in [-0.39, 0.29) is 5.78 Å². The Hall–Kier alpha value is -0.150. The minimum Gasteiger partial charge on any atom is -0.293 e. The van der Waals surface area contributed by atoms with E-state index in [1.807, 2.05) is 38.1 Å². The summed E-state index contributed by atoms with van der Waals surface area (Å²) in [4.78, 5) is 11.7. The summed E-state index contributed by atoms with van der Waals surface area (Å²) in [5.41, 5.74) is 0.727. The maximum atomic E-state index is 11.7. The number of rotatable bonds is 2. The summed E-state index contributed by atoms with van der Waals surface area (Å²) in [5, 5.41) is 0. The number of hydrogen-bond acceptors (Lipinski definition) is 1. The van der Waals surface area contributed by atoms with Gasteiger partial charge in [0.05, 0.1) is 4.32 Å². The molecule has 0 spiro atoms. The normalized spacial score (nSPS) is 11.4. The van der Waals surface area contributed by atoms with Gasteiger partial charge in [-0.2, -0.15) is 0 Å². The molecule has 0 fully saturated rings. The molecule has 0 aliphatic carbocycles. The van der Waals surface area contributed by atoms with Crippen LogP contribution in [0.4, 0.5) is 0 Å². The molecule has 1 rings (SSSR count). The minimum absolute atomic E-state index is 0.0972. The highest BCUT2D eigenvalue weighted by Gasteiger charge is 2.24. The van der Waals surface area contributed by atoms with Crippen molar-refractivity contribution in [3.8, 4) is 0 Å². The molecule has 70 valence electrons. The summed E-state index contributed by atoms with van der Waals surface area (Å²) < 4.78 is 0.498. The molecule has 0 bridgehead atoms. The van der Waals surface area contributed by atoms with Crippen LogP contribution in [0, 0.1) is 0 Å². The molecule has 0 unspecified atom stereocenters. The van der Waals surface area contributed by atoms with E-state index in [2.05, 4.69) is 31.9 Å². The van der Waals surface area contributed by atoms with Crippen LogP contribution < -0.4 is 0 Å². The predicted octanol–water partition coefficient (Wildman–Crippen LogP) is 3.81. The van der Waals surface area contributed by atoms with Gasteiger partial charge in [-0.25, -0.2) is 0 Å². The molecule has 0 saturated heterocycles. The molecule has 0 amide bonds. The van der Waals surface area contributed by atoms with Crippen LogP contribution in [-0.2, 0) is 0 Å². The molecule has 0 heterocycles. The molecule has 3 heteroatoms. The summed E-state index contributed by atoms with van der Waals surface area (Å²) in [5.74, 6) is 0.0972. The van der Waals surface area contributed by atoms with Crippen LogP contribution in [0.5, 0.6) is 0 Å². The third-order valence-electron chi connectivity index (χ3n) is 1.65. The number of hydrogen-bond donors (Lipinski definition) is 0. The predicted molar refractivity (Wildman–Crippen MR) is 61.5 cm³/mol. The van der Waals surface area contributed by atoms with Gasteiger partial charge in [0, 0.05) is 10.0 Å². The molecule has 1 aromatic carbocycles. The number of Topliss-reactive ketones (excluding diaryl/α,β-unsaturated/α-hetero) is 1. The monoisotopic (exact) mass is 304 g/mol. The van der Waals surface area contributed by atoms with E-state index in [1.165, 1.54) is 0 Å². The fourth-order valence-corrected chi connectivity index (χ4v) is 1.44. The topological polar surface area (TPSA) is 17.1 Å². The summed E-state index contributed by atoms with van der Waals surface area (Å²) >= 11 is 6.66. The second kappa shape index (κ2) is 3.93. The van der Waals surface area contributed by atoms with Gasteiger partial charge >= 0.3 is 0 Å². The van der Waals surface area contributed by atoms with Crippen molar-refractivity contribution in [2.45, 2.75) is 18.2 Å². The highest BCUT2D eigenvalue weighted by atomic mass is 79.9. The van der Waals surface area contributed by atoms with Crippen LogP contribution in [-0.4, -0.2) is 10.1 Å². The van der Waals surface area contributed by atoms with Crippen molar-refractivity contribution in [3.63, 3.8) is 0 Å². The first-order valence-corrected chi connectivity index (χ1v) is 5.49. The second-order valence-corrected chi connectivity index (χ2v) is 6.21. The van der Waals surface area contributed by atoms with Crippen molar-refractivity contribution in [1.29, 1.82) is 0 Å². The van der Waals surface area contributed by atoms with Crippen molar-refractivity contribution in [2.75, 3.05) is 0 Å². The van der Waals surface area contributed by atoms with Gasteiger partial charge < -0.3 is 0 Å². The molecular formula is C10H10Br2O. The highest BCUT2D eigenvalue weighted by molar-refractivity contribution is 9.10. The fraction of sp³-hybridized carbons (Fsp3) is 0.300. The maximum absolute atomic E-state index is 11.7. The van der Waals surface area contributed by atoms with Crippen molar-refractivity contribution < 1.29 is 4.79 Å². The van der Waals surface area contributed by atoms with Crippen LogP contribution in [0.15, 0.2) is 28.7 Å². The lowest BCUT2D eigenvalue weighted by Crippen LogP contribution is -2.23. The Bertz CT molecular complexity index is 309. The molecule has 0 aromatic heterocycles. The zero-order valence-corrected chi connectivity index (χ0v) is 10.6. The lowest BCUT2D eigenvalue weighted by molar-refractivity contribution is 0.0961. The summed E-state index contributed by atoms with van der Waals surface area (Å²) in [6.07, 6.45) is 0. The van der Waals surface area contributed by atoms with Gasteiger partial charge in [0.25, 0.3) is 0 Å². The average molecular weight is 306 g/mol. The van der Waals surface area contributed by atoms with Crippen LogP contribution in [0.3, 0.4) is 0 Å². The zero-order chi connectivity index (χ0) is 10.1. The van der Waals surface area contributed by atoms with E-state index < -0.39 is 4.32 Å². The van der Waals surface area contributed by atoms with Gasteiger partial charge in [-0.1, -0.05) is 44.0 Å². The van der Waals surface area contributed by atoms with Crippen LogP contribution in [0.2, 0.25) is 0 Å². The van der Waals surface area contributed by atoms with Gasteiger partial charge in [0.1, 0.15) is 0 Å². The van der Waals surface area contributed by atoms with Gasteiger partial charge in [-0.15, -0.1) is 0 Å². The Labute approximate surface area is 94.8 Å². The third-order valence-corrected chi connectivity index (χ3v) is 2.54. The SMILES string of the molecule is CC(C)(Br)C(=O)c1ccc(Br)cc1. The molecule has 0 aliphatic heterocycles. The number of benzene rings is 1. The van der Waals surface area contributed by atoms with Gasteiger partial charge in [0.2, 0.25) is 0 Å². The molecule has 1 nitrogen and oxygen atoms in total. The van der Waals surface area contributed by atoms with Gasteiger partial charge in [-0.05, 0) is 26.0 Å². The molecule has 0 radical (unpaired) electrons. The first-order chi connectivity index (χ1) is 5.91. The number of carbonyl (C=O) groups excluding carboxylic acids is 1. The van der Waals surface area contributed by atoms with E-state index >= 15 is 0 Å². The number of halogens is 2. The molecule has 1 aromatic rings. The molecular weight excluding hydrogens is 296 g/mol. The van der Waals surface area contributed by atoms with E-state index in [4.69, 9.17) is 0 Å². The summed E-state index contributed by atoms with van der Waals surface area (Å²) in [6.45, 7) is 3.69. The smallest absolute Gasteiger partial charge is 0.178 e. The van der Waals surface area contributed by atoms with Gasteiger partial charge in [0.15, 0.2) is 5.78 Å². The Morgan fingerprint density at radius 2 is 1.69 bits per heavy atom. The van der Waals surface area contributed by atoms with Crippen molar-refractivity contribution in [3.05, 3.63) is 34.3 Å². The first-order valence-electron chi connectivity index (χ1n) is 3.90. The lowest BCUT2D eigenvalue weighted by atomic mass is 10.0. The zero-order valence-electron chi connectivity index (χ0n) is 7.47. The second-order valence-electron chi connectivity index (χ2n) is 3.31. The standard InChI is InChI=1S/C10H10Br2O/c1-10(2,12)9(13)7-3-5-8(11)6-4-7/h3-6H,1-2H3. The largest absolute Gasteiger partial charge is 0.293 e. The molecule has 0 saturated carbocycles. The molecule has 0 atom stereocenters. The third kappa shape index (κ3) is 2.92. The van der Waals surface area contributed by atoms with Crippen molar-refractivity contribution in [1.82, 2.24) is 0 Å². The van der Waals surface area contributed by atoms with Crippen LogP contribution in [0.25, 0.3) is 0 Å².